The molecule has 0 bridgehead atoms. The van der Waals surface area contributed by atoms with Crippen LogP contribution in [0.4, 0.5) is 0 Å². The summed E-state index contributed by atoms with van der Waals surface area (Å²) in [6, 6.07) is 0. The molecule has 0 aliphatic heterocycles. The number of unbranched alkanes of at least 4 members (excludes halogenated alkanes) is 4. The largest absolute Gasteiger partial charge is 0.393 e. The van der Waals surface area contributed by atoms with Gasteiger partial charge in [0.15, 0.2) is 0 Å². The summed E-state index contributed by atoms with van der Waals surface area (Å²) in [7, 11) is 0. The van der Waals surface area contributed by atoms with Gasteiger partial charge in [-0.15, -0.1) is 0 Å². The third-order valence-electron chi connectivity index (χ3n) is 3.11. The van der Waals surface area contributed by atoms with Gasteiger partial charge in [0.25, 0.3) is 0 Å². The molecule has 0 heterocycles. The molecule has 98 valence electrons. The number of aliphatic hydroxyl groups excluding tert-OH is 2. The zero-order chi connectivity index (χ0) is 12.2. The number of hydrogen-bond acceptors (Lipinski definition) is 2. The lowest BCUT2D eigenvalue weighted by molar-refractivity contribution is 0.101. The van der Waals surface area contributed by atoms with Gasteiger partial charge in [0.1, 0.15) is 0 Å². The fourth-order valence-corrected chi connectivity index (χ4v) is 1.92. The minimum Gasteiger partial charge on any atom is -0.393 e. The lowest BCUT2D eigenvalue weighted by Gasteiger charge is -2.13. The summed E-state index contributed by atoms with van der Waals surface area (Å²) < 4.78 is 0. The first-order valence-corrected chi connectivity index (χ1v) is 7.06. The number of hydrogen-bond donors (Lipinski definition) is 2. The molecular weight excluding hydrogens is 200 g/mol. The third-order valence-corrected chi connectivity index (χ3v) is 3.11. The molecule has 0 spiro atoms. The Bertz CT molecular complexity index is 137. The van der Waals surface area contributed by atoms with E-state index in [1.54, 1.807) is 0 Å². The average Bonchev–Trinajstić information content (AvgIpc) is 2.29. The van der Waals surface area contributed by atoms with E-state index in [9.17, 15) is 10.2 Å². The summed E-state index contributed by atoms with van der Waals surface area (Å²) in [5.41, 5.74) is 0. The Morgan fingerprint density at radius 3 is 1.62 bits per heavy atom. The zero-order valence-corrected chi connectivity index (χ0v) is 11.1. The van der Waals surface area contributed by atoms with Crippen LogP contribution in [0, 0.1) is 0 Å². The molecule has 0 radical (unpaired) electrons. The normalized spacial score (nSPS) is 15.0. The smallest absolute Gasteiger partial charge is 0.0541 e. The molecule has 2 heteroatoms. The molecule has 2 N–H and O–H groups in total. The maximum absolute atomic E-state index is 9.71. The fraction of sp³-hybridized carbons (Fsp3) is 1.00. The van der Waals surface area contributed by atoms with Crippen molar-refractivity contribution in [2.24, 2.45) is 0 Å². The third kappa shape index (κ3) is 10.4. The first-order chi connectivity index (χ1) is 7.70. The second-order valence-corrected chi connectivity index (χ2v) is 4.88. The van der Waals surface area contributed by atoms with Crippen molar-refractivity contribution in [2.45, 2.75) is 90.3 Å². The van der Waals surface area contributed by atoms with E-state index >= 15 is 0 Å². The lowest BCUT2D eigenvalue weighted by Crippen LogP contribution is -2.13. The quantitative estimate of drug-likeness (QED) is 0.532. The van der Waals surface area contributed by atoms with Gasteiger partial charge in [-0.3, -0.25) is 0 Å². The van der Waals surface area contributed by atoms with Crippen molar-refractivity contribution < 1.29 is 10.2 Å². The molecule has 0 saturated heterocycles. The van der Waals surface area contributed by atoms with Gasteiger partial charge in [-0.1, -0.05) is 52.4 Å². The Morgan fingerprint density at radius 1 is 0.625 bits per heavy atom. The van der Waals surface area contributed by atoms with Gasteiger partial charge in [-0.2, -0.15) is 0 Å². The predicted molar refractivity (Wildman–Crippen MR) is 69.5 cm³/mol. The summed E-state index contributed by atoms with van der Waals surface area (Å²) in [5, 5.41) is 19.3. The van der Waals surface area contributed by atoms with E-state index in [2.05, 4.69) is 13.8 Å². The van der Waals surface area contributed by atoms with E-state index in [1.165, 1.54) is 19.3 Å². The first kappa shape index (κ1) is 15.9. The molecule has 16 heavy (non-hydrogen) atoms. The molecule has 0 rings (SSSR count). The van der Waals surface area contributed by atoms with E-state index in [4.69, 9.17) is 0 Å². The van der Waals surface area contributed by atoms with Crippen LogP contribution in [0.2, 0.25) is 0 Å². The molecule has 0 amide bonds. The second kappa shape index (κ2) is 11.4. The van der Waals surface area contributed by atoms with E-state index in [1.807, 2.05) is 0 Å². The standard InChI is InChI=1S/C14H30O2/c1-3-5-7-8-10-14(16)12-11-13(15)9-6-4-2/h13-16H,3-12H2,1-2H3. The molecule has 0 aromatic carbocycles. The number of aliphatic hydroxyl groups is 2. The predicted octanol–water partition coefficient (Wildman–Crippen LogP) is 3.65. The van der Waals surface area contributed by atoms with E-state index in [0.717, 1.165) is 44.9 Å². The van der Waals surface area contributed by atoms with Gasteiger partial charge in [0, 0.05) is 0 Å². The minimum atomic E-state index is -0.203. The van der Waals surface area contributed by atoms with Crippen LogP contribution in [0.1, 0.15) is 78.1 Å². The topological polar surface area (TPSA) is 40.5 Å². The van der Waals surface area contributed by atoms with Gasteiger partial charge in [0.05, 0.1) is 12.2 Å². The van der Waals surface area contributed by atoms with Gasteiger partial charge in [-0.25, -0.2) is 0 Å². The van der Waals surface area contributed by atoms with Crippen molar-refractivity contribution in [3.8, 4) is 0 Å². The SMILES string of the molecule is CCCCCCC(O)CCC(O)CCCC. The maximum atomic E-state index is 9.71. The number of rotatable bonds is 11. The van der Waals surface area contributed by atoms with Crippen LogP contribution in [0.25, 0.3) is 0 Å². The van der Waals surface area contributed by atoms with Gasteiger partial charge >= 0.3 is 0 Å². The van der Waals surface area contributed by atoms with Crippen molar-refractivity contribution in [1.82, 2.24) is 0 Å². The van der Waals surface area contributed by atoms with Crippen LogP contribution in [0.15, 0.2) is 0 Å². The molecule has 0 fully saturated rings. The Labute approximate surface area is 101 Å². The highest BCUT2D eigenvalue weighted by molar-refractivity contribution is 4.62. The Balaban J connectivity index is 3.31. The van der Waals surface area contributed by atoms with Crippen LogP contribution in [0.5, 0.6) is 0 Å². The van der Waals surface area contributed by atoms with Gasteiger partial charge in [0.2, 0.25) is 0 Å². The van der Waals surface area contributed by atoms with Crippen molar-refractivity contribution in [3.63, 3.8) is 0 Å². The summed E-state index contributed by atoms with van der Waals surface area (Å²) in [6.45, 7) is 4.33. The van der Waals surface area contributed by atoms with Crippen LogP contribution in [-0.4, -0.2) is 22.4 Å². The fourth-order valence-electron chi connectivity index (χ4n) is 1.92. The van der Waals surface area contributed by atoms with Crippen LogP contribution >= 0.6 is 0 Å². The molecule has 2 nitrogen and oxygen atoms in total. The lowest BCUT2D eigenvalue weighted by atomic mass is 10.0. The summed E-state index contributed by atoms with van der Waals surface area (Å²) in [4.78, 5) is 0. The summed E-state index contributed by atoms with van der Waals surface area (Å²) >= 11 is 0. The molecule has 0 aliphatic carbocycles. The molecule has 0 aliphatic rings. The summed E-state index contributed by atoms with van der Waals surface area (Å²) in [6.07, 6.45) is 10.00. The molecule has 2 unspecified atom stereocenters. The van der Waals surface area contributed by atoms with Crippen molar-refractivity contribution in [1.29, 1.82) is 0 Å². The van der Waals surface area contributed by atoms with Gasteiger partial charge < -0.3 is 10.2 Å². The highest BCUT2D eigenvalue weighted by Crippen LogP contribution is 2.13. The highest BCUT2D eigenvalue weighted by atomic mass is 16.3. The Hall–Kier alpha value is -0.0800. The Kier molecular flexibility index (Phi) is 11.3. The zero-order valence-electron chi connectivity index (χ0n) is 11.1. The molecule has 0 saturated carbocycles. The van der Waals surface area contributed by atoms with Gasteiger partial charge in [-0.05, 0) is 25.7 Å². The van der Waals surface area contributed by atoms with Crippen LogP contribution in [-0.2, 0) is 0 Å². The van der Waals surface area contributed by atoms with E-state index in [0.29, 0.717) is 0 Å². The summed E-state index contributed by atoms with van der Waals surface area (Å²) in [5.74, 6) is 0. The minimum absolute atomic E-state index is 0.201. The van der Waals surface area contributed by atoms with Crippen LogP contribution in [0.3, 0.4) is 0 Å². The van der Waals surface area contributed by atoms with Crippen molar-refractivity contribution >= 4 is 0 Å². The average molecular weight is 230 g/mol. The second-order valence-electron chi connectivity index (χ2n) is 4.88. The molecular formula is C14H30O2. The van der Waals surface area contributed by atoms with Crippen molar-refractivity contribution in [2.75, 3.05) is 0 Å². The molecule has 0 aromatic heterocycles. The molecule has 0 aromatic rings. The van der Waals surface area contributed by atoms with Crippen molar-refractivity contribution in [3.05, 3.63) is 0 Å². The van der Waals surface area contributed by atoms with Crippen LogP contribution < -0.4 is 0 Å². The van der Waals surface area contributed by atoms with E-state index in [-0.39, 0.29) is 12.2 Å². The maximum Gasteiger partial charge on any atom is 0.0541 e. The first-order valence-electron chi connectivity index (χ1n) is 7.06. The molecule has 2 atom stereocenters. The highest BCUT2D eigenvalue weighted by Gasteiger charge is 2.08. The monoisotopic (exact) mass is 230 g/mol. The Morgan fingerprint density at radius 2 is 1.12 bits per heavy atom. The van der Waals surface area contributed by atoms with E-state index < -0.39 is 0 Å².